The molecule has 148 valence electrons. The molecule has 3 rings (SSSR count). The average Bonchev–Trinajstić information content (AvgIpc) is 3.03. The minimum Gasteiger partial charge on any atom is -0.466 e. The molecule has 1 atom stereocenters. The van der Waals surface area contributed by atoms with Crippen LogP contribution in [-0.2, 0) is 24.3 Å². The number of amides is 1. The van der Waals surface area contributed by atoms with E-state index in [-0.39, 0.29) is 18.3 Å². The zero-order valence-corrected chi connectivity index (χ0v) is 16.4. The number of sulfonamides is 1. The number of ether oxygens (including phenoxy) is 1. The second-order valence-corrected chi connectivity index (χ2v) is 8.81. The fourth-order valence-corrected chi connectivity index (χ4v) is 4.32. The van der Waals surface area contributed by atoms with Crippen molar-refractivity contribution >= 4 is 33.3 Å². The van der Waals surface area contributed by atoms with Gasteiger partial charge in [-0.15, -0.1) is 0 Å². The van der Waals surface area contributed by atoms with Crippen molar-refractivity contribution in [1.29, 1.82) is 0 Å². The van der Waals surface area contributed by atoms with E-state index in [1.165, 1.54) is 10.6 Å². The Kier molecular flexibility index (Phi) is 5.71. The lowest BCUT2D eigenvalue weighted by atomic mass is 10.1. The summed E-state index contributed by atoms with van der Waals surface area (Å²) in [5.74, 6) is -0.822. The van der Waals surface area contributed by atoms with Crippen LogP contribution in [0.25, 0.3) is 0 Å². The van der Waals surface area contributed by atoms with Crippen molar-refractivity contribution in [3.63, 3.8) is 0 Å². The average molecular weight is 395 g/mol. The third-order valence-electron chi connectivity index (χ3n) is 4.98. The first kappa shape index (κ1) is 19.6. The van der Waals surface area contributed by atoms with Crippen LogP contribution in [-0.4, -0.2) is 70.2 Å². The number of esters is 1. The summed E-state index contributed by atoms with van der Waals surface area (Å²) in [6.07, 6.45) is 1.40. The van der Waals surface area contributed by atoms with Crippen LogP contribution >= 0.6 is 0 Å². The minimum absolute atomic E-state index is 0.0810. The number of piperazine rings is 1. The maximum Gasteiger partial charge on any atom is 0.311 e. The molecule has 0 aliphatic carbocycles. The van der Waals surface area contributed by atoms with Crippen molar-refractivity contribution in [2.24, 2.45) is 5.92 Å². The van der Waals surface area contributed by atoms with Gasteiger partial charge >= 0.3 is 5.97 Å². The standard InChI is InChI=1S/C18H25N3O5S/c1-3-26-18(23)14-12-17(22)21(13-14)16-6-4-15(5-7-16)19-8-10-20(11-9-19)27(2,24)25/h4-7,14H,3,8-13H2,1-2H3. The van der Waals surface area contributed by atoms with E-state index in [2.05, 4.69) is 4.90 Å². The van der Waals surface area contributed by atoms with Gasteiger partial charge in [0.2, 0.25) is 15.9 Å². The Morgan fingerprint density at radius 2 is 1.70 bits per heavy atom. The van der Waals surface area contributed by atoms with Gasteiger partial charge in [0.1, 0.15) is 0 Å². The Morgan fingerprint density at radius 1 is 1.11 bits per heavy atom. The molecule has 1 aromatic carbocycles. The van der Waals surface area contributed by atoms with Gasteiger partial charge in [0.25, 0.3) is 0 Å². The van der Waals surface area contributed by atoms with Crippen LogP contribution < -0.4 is 9.80 Å². The Bertz CT molecular complexity index is 801. The van der Waals surface area contributed by atoms with Crippen LogP contribution in [0.4, 0.5) is 11.4 Å². The van der Waals surface area contributed by atoms with Gasteiger partial charge in [-0.2, -0.15) is 4.31 Å². The Labute approximate surface area is 159 Å². The van der Waals surface area contributed by atoms with Crippen LogP contribution in [0.1, 0.15) is 13.3 Å². The van der Waals surface area contributed by atoms with Crippen LogP contribution in [0.5, 0.6) is 0 Å². The van der Waals surface area contributed by atoms with E-state index in [0.717, 1.165) is 11.4 Å². The van der Waals surface area contributed by atoms with Gasteiger partial charge in [0.15, 0.2) is 0 Å². The highest BCUT2D eigenvalue weighted by Gasteiger charge is 2.36. The van der Waals surface area contributed by atoms with Crippen LogP contribution in [0.2, 0.25) is 0 Å². The van der Waals surface area contributed by atoms with Crippen LogP contribution in [0.15, 0.2) is 24.3 Å². The molecule has 0 aromatic heterocycles. The first-order valence-corrected chi connectivity index (χ1v) is 10.9. The van der Waals surface area contributed by atoms with Gasteiger partial charge in [0.05, 0.1) is 18.8 Å². The first-order valence-electron chi connectivity index (χ1n) is 9.06. The lowest BCUT2D eigenvalue weighted by molar-refractivity contribution is -0.147. The molecule has 2 aliphatic heterocycles. The Morgan fingerprint density at radius 3 is 2.26 bits per heavy atom. The predicted molar refractivity (Wildman–Crippen MR) is 102 cm³/mol. The lowest BCUT2D eigenvalue weighted by Gasteiger charge is -2.34. The normalized spacial score (nSPS) is 21.6. The number of carbonyl (C=O) groups excluding carboxylic acids is 2. The molecule has 0 spiro atoms. The second kappa shape index (κ2) is 7.85. The number of benzene rings is 1. The molecule has 2 saturated heterocycles. The van der Waals surface area contributed by atoms with Gasteiger partial charge in [-0.1, -0.05) is 0 Å². The molecular weight excluding hydrogens is 370 g/mol. The molecule has 1 aromatic rings. The summed E-state index contributed by atoms with van der Waals surface area (Å²) >= 11 is 0. The monoisotopic (exact) mass is 395 g/mol. The molecule has 8 nitrogen and oxygen atoms in total. The second-order valence-electron chi connectivity index (χ2n) is 6.82. The zero-order chi connectivity index (χ0) is 19.6. The van der Waals surface area contributed by atoms with E-state index in [0.29, 0.717) is 39.3 Å². The van der Waals surface area contributed by atoms with E-state index in [9.17, 15) is 18.0 Å². The van der Waals surface area contributed by atoms with Crippen LogP contribution in [0.3, 0.4) is 0 Å². The molecule has 0 radical (unpaired) electrons. The number of hydrogen-bond donors (Lipinski definition) is 0. The minimum atomic E-state index is -3.15. The summed E-state index contributed by atoms with van der Waals surface area (Å²) in [5, 5.41) is 0. The Hall–Kier alpha value is -2.13. The molecule has 1 unspecified atom stereocenters. The number of rotatable bonds is 5. The number of anilines is 2. The molecule has 0 saturated carbocycles. The maximum atomic E-state index is 12.3. The highest BCUT2D eigenvalue weighted by atomic mass is 32.2. The fraction of sp³-hybridized carbons (Fsp3) is 0.556. The molecule has 2 aliphatic rings. The highest BCUT2D eigenvalue weighted by Crippen LogP contribution is 2.28. The van der Waals surface area contributed by atoms with Gasteiger partial charge in [-0.3, -0.25) is 9.59 Å². The van der Waals surface area contributed by atoms with Crippen molar-refractivity contribution < 1.29 is 22.7 Å². The van der Waals surface area contributed by atoms with Crippen molar-refractivity contribution in [3.05, 3.63) is 24.3 Å². The van der Waals surface area contributed by atoms with E-state index in [4.69, 9.17) is 4.74 Å². The summed E-state index contributed by atoms with van der Waals surface area (Å²) in [6.45, 7) is 4.58. The molecule has 9 heteroatoms. The molecule has 0 bridgehead atoms. The van der Waals surface area contributed by atoms with Crippen molar-refractivity contribution in [3.8, 4) is 0 Å². The van der Waals surface area contributed by atoms with Crippen molar-refractivity contribution in [1.82, 2.24) is 4.31 Å². The predicted octanol–water partition coefficient (Wildman–Crippen LogP) is 0.684. The van der Waals surface area contributed by atoms with E-state index < -0.39 is 15.9 Å². The van der Waals surface area contributed by atoms with Crippen molar-refractivity contribution in [2.75, 3.05) is 55.4 Å². The third-order valence-corrected chi connectivity index (χ3v) is 6.28. The molecule has 2 heterocycles. The maximum absolute atomic E-state index is 12.3. The highest BCUT2D eigenvalue weighted by molar-refractivity contribution is 7.88. The van der Waals surface area contributed by atoms with E-state index in [1.54, 1.807) is 11.8 Å². The topological polar surface area (TPSA) is 87.2 Å². The smallest absolute Gasteiger partial charge is 0.311 e. The van der Waals surface area contributed by atoms with Gasteiger partial charge in [-0.05, 0) is 31.2 Å². The molecule has 27 heavy (non-hydrogen) atoms. The molecular formula is C18H25N3O5S. The Balaban J connectivity index is 1.63. The van der Waals surface area contributed by atoms with E-state index >= 15 is 0 Å². The summed E-state index contributed by atoms with van der Waals surface area (Å²) in [7, 11) is -3.15. The van der Waals surface area contributed by atoms with E-state index in [1.807, 2.05) is 24.3 Å². The summed E-state index contributed by atoms with van der Waals surface area (Å²) < 4.78 is 29.7. The number of carbonyl (C=O) groups is 2. The van der Waals surface area contributed by atoms with Gasteiger partial charge in [-0.25, -0.2) is 8.42 Å². The number of nitrogens with zero attached hydrogens (tertiary/aromatic N) is 3. The lowest BCUT2D eigenvalue weighted by Crippen LogP contribution is -2.48. The largest absolute Gasteiger partial charge is 0.466 e. The third kappa shape index (κ3) is 4.41. The summed E-state index contributed by atoms with van der Waals surface area (Å²) in [4.78, 5) is 27.9. The van der Waals surface area contributed by atoms with Crippen LogP contribution in [0, 0.1) is 5.92 Å². The first-order chi connectivity index (χ1) is 12.8. The summed E-state index contributed by atoms with van der Waals surface area (Å²) in [5.41, 5.74) is 1.74. The zero-order valence-electron chi connectivity index (χ0n) is 15.6. The molecule has 0 N–H and O–H groups in total. The van der Waals surface area contributed by atoms with Gasteiger partial charge < -0.3 is 14.5 Å². The van der Waals surface area contributed by atoms with Crippen molar-refractivity contribution in [2.45, 2.75) is 13.3 Å². The number of hydrogen-bond acceptors (Lipinski definition) is 6. The summed E-state index contributed by atoms with van der Waals surface area (Å²) in [6, 6.07) is 7.58. The SMILES string of the molecule is CCOC(=O)C1CC(=O)N(c2ccc(N3CCN(S(C)(=O)=O)CC3)cc2)C1. The molecule has 2 fully saturated rings. The van der Waals surface area contributed by atoms with Gasteiger partial charge in [0, 0.05) is 50.5 Å². The quantitative estimate of drug-likeness (QED) is 0.682. The molecule has 1 amide bonds. The fourth-order valence-electron chi connectivity index (χ4n) is 3.50.